The minimum absolute atomic E-state index is 0.0798. The number of carbonyl (C=O) groups is 2. The van der Waals surface area contributed by atoms with Gasteiger partial charge >= 0.3 is 12.0 Å². The Morgan fingerprint density at radius 3 is 2.75 bits per heavy atom. The second-order valence-electron chi connectivity index (χ2n) is 4.46. The summed E-state index contributed by atoms with van der Waals surface area (Å²) in [6.45, 7) is 1.67. The van der Waals surface area contributed by atoms with Crippen LogP contribution in [0.1, 0.15) is 6.92 Å². The van der Waals surface area contributed by atoms with Crippen molar-refractivity contribution in [3.05, 3.63) is 24.3 Å². The van der Waals surface area contributed by atoms with Gasteiger partial charge in [0, 0.05) is 0 Å². The monoisotopic (exact) mass is 398 g/mol. The third kappa shape index (κ3) is 4.34. The molecule has 2 rings (SSSR count). The average Bonchev–Trinajstić information content (AvgIpc) is 2.50. The lowest BCUT2D eigenvalue weighted by atomic mass is 10.2. The number of hydrogen-bond donors (Lipinski definition) is 2. The summed E-state index contributed by atoms with van der Waals surface area (Å²) in [7, 11) is 0. The molecule has 1 aromatic carbocycles. The highest BCUT2D eigenvalue weighted by Gasteiger charge is 2.42. The van der Waals surface area contributed by atoms with Crippen LogP contribution in [0.25, 0.3) is 0 Å². The molecule has 1 aliphatic heterocycles. The number of hydroxylamine groups is 1. The number of fused-ring (bicyclic) bond motifs is 1. The molecule has 0 saturated heterocycles. The molecule has 0 radical (unpaired) electrons. The van der Waals surface area contributed by atoms with Gasteiger partial charge in [-0.2, -0.15) is 5.06 Å². The number of nitrogens with one attached hydrogen (secondary N) is 1. The molecule has 0 aromatic heterocycles. The first-order valence-corrected chi connectivity index (χ1v) is 7.82. The number of para-hydroxylation sites is 2. The Morgan fingerprint density at radius 2 is 2.12 bits per heavy atom. The third-order valence-corrected chi connectivity index (χ3v) is 3.36. The second kappa shape index (κ2) is 7.62. The van der Waals surface area contributed by atoms with Crippen LogP contribution in [0.5, 0.6) is 5.75 Å². The van der Waals surface area contributed by atoms with Crippen LogP contribution in [-0.4, -0.2) is 40.0 Å². The molecule has 1 aromatic rings. The van der Waals surface area contributed by atoms with Gasteiger partial charge in [0.1, 0.15) is 11.4 Å². The number of anilines is 1. The molecule has 0 saturated carbocycles. The van der Waals surface area contributed by atoms with Crippen LogP contribution in [0.15, 0.2) is 24.3 Å². The molecule has 0 bridgehead atoms. The van der Waals surface area contributed by atoms with E-state index in [1.807, 2.05) is 0 Å². The van der Waals surface area contributed by atoms with E-state index in [1.165, 1.54) is 12.1 Å². The molecule has 2 N–H and O–H groups in total. The lowest BCUT2D eigenvalue weighted by Gasteiger charge is -2.35. The van der Waals surface area contributed by atoms with Crippen molar-refractivity contribution in [3.8, 4) is 5.75 Å². The summed E-state index contributed by atoms with van der Waals surface area (Å²) in [5.74, 6) is -0.789. The number of amides is 2. The van der Waals surface area contributed by atoms with Crippen LogP contribution in [0.4, 0.5) is 10.5 Å². The predicted octanol–water partition coefficient (Wildman–Crippen LogP) is 2.10. The van der Waals surface area contributed by atoms with Crippen LogP contribution < -0.4 is 15.1 Å². The maximum Gasteiger partial charge on any atom is 0.409 e. The number of alkyl halides is 3. The molecule has 8 nitrogen and oxygen atoms in total. The summed E-state index contributed by atoms with van der Waals surface area (Å²) in [5, 5.41) is 12.5. The summed E-state index contributed by atoms with van der Waals surface area (Å²) >= 11 is 17.3. The van der Waals surface area contributed by atoms with E-state index >= 15 is 0 Å². The van der Waals surface area contributed by atoms with Crippen LogP contribution in [0.2, 0.25) is 0 Å². The van der Waals surface area contributed by atoms with E-state index in [4.69, 9.17) is 49.1 Å². The Hall–Kier alpha value is -1.45. The van der Waals surface area contributed by atoms with E-state index in [9.17, 15) is 14.7 Å². The average molecular weight is 400 g/mol. The van der Waals surface area contributed by atoms with Gasteiger partial charge < -0.3 is 14.6 Å². The topological polar surface area (TPSA) is 97.3 Å². The number of alkyl carbamates (subject to hydrolysis) is 1. The van der Waals surface area contributed by atoms with Crippen LogP contribution in [-0.2, 0) is 14.4 Å². The fourth-order valence-electron chi connectivity index (χ4n) is 1.78. The number of hydrogen-bond acceptors (Lipinski definition) is 6. The molecule has 0 aliphatic carbocycles. The van der Waals surface area contributed by atoms with Gasteiger partial charge in [-0.25, -0.2) is 9.63 Å². The molecular formula is C13H13Cl3N2O6. The number of ether oxygens (including phenoxy) is 2. The molecular weight excluding hydrogens is 387 g/mol. The van der Waals surface area contributed by atoms with Gasteiger partial charge in [-0.05, 0) is 19.1 Å². The number of aliphatic hydroxyl groups is 1. The standard InChI is InChI=1S/C13H13Cl3N2O6/c1-2-22-12(21)17-11(13(14,15)16)24-18-7-5-3-4-6-8(7)23-10(20)9(18)19/h3-6,10-11,20H,2H2,1H3,(H,17,21)/t10-,11+/m1/s1. The van der Waals surface area contributed by atoms with E-state index in [1.54, 1.807) is 19.1 Å². The van der Waals surface area contributed by atoms with Crippen molar-refractivity contribution in [3.63, 3.8) is 0 Å². The fraction of sp³-hybridized carbons (Fsp3) is 0.385. The minimum atomic E-state index is -2.13. The van der Waals surface area contributed by atoms with Gasteiger partial charge in [0.05, 0.1) is 6.61 Å². The minimum Gasteiger partial charge on any atom is -0.453 e. The summed E-state index contributed by atoms with van der Waals surface area (Å²) in [6.07, 6.45) is -4.30. The Balaban J connectivity index is 2.27. The van der Waals surface area contributed by atoms with Crippen LogP contribution in [0.3, 0.4) is 0 Å². The zero-order valence-electron chi connectivity index (χ0n) is 12.2. The molecule has 2 amide bonds. The van der Waals surface area contributed by atoms with Gasteiger partial charge in [0.15, 0.2) is 0 Å². The Morgan fingerprint density at radius 1 is 1.46 bits per heavy atom. The molecule has 11 heteroatoms. The van der Waals surface area contributed by atoms with E-state index in [2.05, 4.69) is 5.32 Å². The van der Waals surface area contributed by atoms with Gasteiger partial charge in [-0.3, -0.25) is 10.1 Å². The summed E-state index contributed by atoms with van der Waals surface area (Å²) < 4.78 is 7.59. The molecule has 0 spiro atoms. The van der Waals surface area contributed by atoms with E-state index < -0.39 is 28.3 Å². The number of benzene rings is 1. The number of aliphatic hydroxyl groups excluding tert-OH is 1. The molecule has 0 fully saturated rings. The van der Waals surface area contributed by atoms with Crippen molar-refractivity contribution in [2.75, 3.05) is 11.7 Å². The lowest BCUT2D eigenvalue weighted by Crippen LogP contribution is -2.54. The maximum atomic E-state index is 12.1. The zero-order chi connectivity index (χ0) is 17.9. The predicted molar refractivity (Wildman–Crippen MR) is 85.9 cm³/mol. The normalized spacial score (nSPS) is 18.5. The SMILES string of the molecule is CCOC(=O)N[C@@H](ON1C(=O)[C@H](O)Oc2ccccc21)C(Cl)(Cl)Cl. The maximum absolute atomic E-state index is 12.1. The first kappa shape index (κ1) is 18.9. The Labute approximate surface area is 152 Å². The van der Waals surface area contributed by atoms with Crippen molar-refractivity contribution in [1.29, 1.82) is 0 Å². The molecule has 1 aliphatic rings. The van der Waals surface area contributed by atoms with Crippen LogP contribution >= 0.6 is 34.8 Å². The van der Waals surface area contributed by atoms with Crippen molar-refractivity contribution in [2.24, 2.45) is 0 Å². The summed E-state index contributed by atoms with van der Waals surface area (Å²) in [4.78, 5) is 29.0. The summed E-state index contributed by atoms with van der Waals surface area (Å²) in [6, 6.07) is 6.22. The number of rotatable bonds is 4. The van der Waals surface area contributed by atoms with Gasteiger partial charge in [0.2, 0.25) is 10.0 Å². The van der Waals surface area contributed by atoms with Gasteiger partial charge in [0.25, 0.3) is 6.29 Å². The molecule has 24 heavy (non-hydrogen) atoms. The number of nitrogens with zero attached hydrogens (tertiary/aromatic N) is 1. The van der Waals surface area contributed by atoms with Gasteiger partial charge in [-0.1, -0.05) is 46.9 Å². The molecule has 0 unspecified atom stereocenters. The van der Waals surface area contributed by atoms with E-state index in [-0.39, 0.29) is 18.0 Å². The zero-order valence-corrected chi connectivity index (χ0v) is 14.5. The second-order valence-corrected chi connectivity index (χ2v) is 6.83. The van der Waals surface area contributed by atoms with Gasteiger partial charge in [-0.15, -0.1) is 0 Å². The molecule has 132 valence electrons. The third-order valence-electron chi connectivity index (χ3n) is 2.77. The largest absolute Gasteiger partial charge is 0.453 e. The van der Waals surface area contributed by atoms with E-state index in [0.29, 0.717) is 5.06 Å². The molecule has 2 atom stereocenters. The van der Waals surface area contributed by atoms with Crippen molar-refractivity contribution < 1.29 is 29.0 Å². The highest BCUT2D eigenvalue weighted by molar-refractivity contribution is 6.68. The summed E-state index contributed by atoms with van der Waals surface area (Å²) in [5.41, 5.74) is 0.165. The highest BCUT2D eigenvalue weighted by atomic mass is 35.6. The number of halogens is 3. The van der Waals surface area contributed by atoms with Crippen LogP contribution in [0, 0.1) is 0 Å². The first-order valence-electron chi connectivity index (χ1n) is 6.68. The van der Waals surface area contributed by atoms with Crippen molar-refractivity contribution >= 4 is 52.5 Å². The smallest absolute Gasteiger partial charge is 0.409 e. The quantitative estimate of drug-likeness (QED) is 0.594. The van der Waals surface area contributed by atoms with Crippen molar-refractivity contribution in [1.82, 2.24) is 5.32 Å². The van der Waals surface area contributed by atoms with Crippen molar-refractivity contribution in [2.45, 2.75) is 23.2 Å². The first-order chi connectivity index (χ1) is 11.2. The Kier molecular flexibility index (Phi) is 6.00. The van der Waals surface area contributed by atoms with E-state index in [0.717, 1.165) is 0 Å². The molecule has 1 heterocycles. The Bertz CT molecular complexity index is 624. The highest BCUT2D eigenvalue weighted by Crippen LogP contribution is 2.37. The number of carbonyl (C=O) groups excluding carboxylic acids is 2. The fourth-order valence-corrected chi connectivity index (χ4v) is 2.06. The lowest BCUT2D eigenvalue weighted by molar-refractivity contribution is -0.154.